The molecule has 1 fully saturated rings. The first kappa shape index (κ1) is 14.6. The first-order valence-corrected chi connectivity index (χ1v) is 6.16. The van der Waals surface area contributed by atoms with E-state index in [1.807, 2.05) is 0 Å². The van der Waals surface area contributed by atoms with Crippen LogP contribution in [-0.2, 0) is 14.4 Å². The van der Waals surface area contributed by atoms with Crippen molar-refractivity contribution in [3.8, 4) is 0 Å². The first-order chi connectivity index (χ1) is 8.30. The summed E-state index contributed by atoms with van der Waals surface area (Å²) in [5, 5.41) is 2.24. The summed E-state index contributed by atoms with van der Waals surface area (Å²) in [6.07, 6.45) is 1.42. The van der Waals surface area contributed by atoms with Crippen LogP contribution in [0.5, 0.6) is 0 Å². The monoisotopic (exact) mass is 255 g/mol. The van der Waals surface area contributed by atoms with Crippen LogP contribution in [0.15, 0.2) is 0 Å². The molecule has 1 atom stereocenters. The fraction of sp³-hybridized carbons (Fsp3) is 0.750. The van der Waals surface area contributed by atoms with Crippen molar-refractivity contribution in [2.75, 3.05) is 13.1 Å². The van der Waals surface area contributed by atoms with Crippen molar-refractivity contribution in [1.82, 2.24) is 10.2 Å². The number of carbonyl (C=O) groups is 3. The molecule has 0 saturated carbocycles. The van der Waals surface area contributed by atoms with Crippen LogP contribution in [0.2, 0.25) is 0 Å². The van der Waals surface area contributed by atoms with Crippen LogP contribution in [0.1, 0.15) is 33.6 Å². The second kappa shape index (κ2) is 5.48. The zero-order valence-corrected chi connectivity index (χ0v) is 11.2. The molecule has 0 spiro atoms. The molecule has 18 heavy (non-hydrogen) atoms. The highest BCUT2D eigenvalue weighted by Gasteiger charge is 2.44. The zero-order chi connectivity index (χ0) is 13.9. The lowest BCUT2D eigenvalue weighted by Crippen LogP contribution is -2.66. The molecule has 0 aromatic heterocycles. The number of nitrogens with two attached hydrogens (primary N) is 1. The summed E-state index contributed by atoms with van der Waals surface area (Å²) in [6, 6.07) is 0. The number of amides is 3. The quantitative estimate of drug-likeness (QED) is 0.670. The third-order valence-corrected chi connectivity index (χ3v) is 3.31. The molecule has 1 aliphatic heterocycles. The minimum Gasteiger partial charge on any atom is -0.330 e. The maximum absolute atomic E-state index is 12.3. The van der Waals surface area contributed by atoms with Crippen LogP contribution >= 0.6 is 0 Å². The Morgan fingerprint density at radius 1 is 1.50 bits per heavy atom. The Morgan fingerprint density at radius 2 is 2.11 bits per heavy atom. The van der Waals surface area contributed by atoms with Crippen LogP contribution in [0.25, 0.3) is 0 Å². The predicted octanol–water partition coefficient (Wildman–Crippen LogP) is -0.375. The van der Waals surface area contributed by atoms with E-state index in [0.29, 0.717) is 13.0 Å². The van der Waals surface area contributed by atoms with Gasteiger partial charge in [-0.15, -0.1) is 0 Å². The number of nitrogens with one attached hydrogen (secondary N) is 1. The summed E-state index contributed by atoms with van der Waals surface area (Å²) in [4.78, 5) is 36.7. The fourth-order valence-corrected chi connectivity index (χ4v) is 1.95. The molecule has 1 heterocycles. The number of hydrogen-bond acceptors (Lipinski definition) is 4. The Balaban J connectivity index is 2.81. The highest BCUT2D eigenvalue weighted by molar-refractivity contribution is 6.06. The molecule has 0 aromatic rings. The number of nitrogens with zero attached hydrogens (tertiary/aromatic N) is 1. The molecule has 1 aliphatic rings. The molecule has 3 N–H and O–H groups in total. The standard InChI is InChI=1S/C12H21N3O3/c1-8(5-4-6-13)10(17)15-7-9(16)14-11(18)12(15,2)3/h8H,4-7,13H2,1-3H3,(H,14,16,18). The molecule has 1 saturated heterocycles. The summed E-state index contributed by atoms with van der Waals surface area (Å²) in [6.45, 7) is 5.54. The molecule has 0 bridgehead atoms. The maximum atomic E-state index is 12.3. The van der Waals surface area contributed by atoms with Crippen molar-refractivity contribution in [2.45, 2.75) is 39.2 Å². The Labute approximate surface area is 107 Å². The van der Waals surface area contributed by atoms with Gasteiger partial charge in [0.1, 0.15) is 12.1 Å². The van der Waals surface area contributed by atoms with E-state index in [4.69, 9.17) is 5.73 Å². The topological polar surface area (TPSA) is 92.5 Å². The average Bonchev–Trinajstić information content (AvgIpc) is 2.30. The second-order valence-electron chi connectivity index (χ2n) is 5.19. The van der Waals surface area contributed by atoms with Gasteiger partial charge < -0.3 is 10.6 Å². The Hall–Kier alpha value is -1.43. The number of piperazine rings is 1. The number of hydrogen-bond donors (Lipinski definition) is 2. The molecule has 0 aliphatic carbocycles. The van der Waals surface area contributed by atoms with Crippen LogP contribution in [-0.4, -0.2) is 41.2 Å². The van der Waals surface area contributed by atoms with E-state index in [2.05, 4.69) is 5.32 Å². The van der Waals surface area contributed by atoms with Gasteiger partial charge >= 0.3 is 0 Å². The lowest BCUT2D eigenvalue weighted by atomic mass is 9.95. The molecule has 0 aromatic carbocycles. The number of carbonyl (C=O) groups excluding carboxylic acids is 3. The van der Waals surface area contributed by atoms with Crippen LogP contribution < -0.4 is 11.1 Å². The Bertz CT molecular complexity index is 366. The van der Waals surface area contributed by atoms with Gasteiger partial charge in [-0.05, 0) is 33.2 Å². The summed E-state index contributed by atoms with van der Waals surface area (Å²) >= 11 is 0. The molecule has 0 radical (unpaired) electrons. The lowest BCUT2D eigenvalue weighted by Gasteiger charge is -2.41. The third-order valence-electron chi connectivity index (χ3n) is 3.31. The number of imide groups is 1. The van der Waals surface area contributed by atoms with Gasteiger partial charge in [0, 0.05) is 5.92 Å². The van der Waals surface area contributed by atoms with Gasteiger partial charge in [0.25, 0.3) is 5.91 Å². The molecule has 1 rings (SSSR count). The zero-order valence-electron chi connectivity index (χ0n) is 11.2. The SMILES string of the molecule is CC(CCCN)C(=O)N1CC(=O)NC(=O)C1(C)C. The highest BCUT2D eigenvalue weighted by atomic mass is 16.2. The van der Waals surface area contributed by atoms with Gasteiger partial charge in [-0.1, -0.05) is 6.92 Å². The van der Waals surface area contributed by atoms with E-state index in [0.717, 1.165) is 6.42 Å². The van der Waals surface area contributed by atoms with Gasteiger partial charge in [0.05, 0.1) is 0 Å². The van der Waals surface area contributed by atoms with E-state index in [9.17, 15) is 14.4 Å². The second-order valence-corrected chi connectivity index (χ2v) is 5.19. The normalized spacial score (nSPS) is 20.6. The maximum Gasteiger partial charge on any atom is 0.252 e. The van der Waals surface area contributed by atoms with Crippen molar-refractivity contribution < 1.29 is 14.4 Å². The Morgan fingerprint density at radius 3 is 2.67 bits per heavy atom. The molecular weight excluding hydrogens is 234 g/mol. The average molecular weight is 255 g/mol. The van der Waals surface area contributed by atoms with Crippen LogP contribution in [0.4, 0.5) is 0 Å². The molecule has 6 nitrogen and oxygen atoms in total. The van der Waals surface area contributed by atoms with Gasteiger partial charge in [-0.2, -0.15) is 0 Å². The Kier molecular flexibility index (Phi) is 4.45. The molecule has 3 amide bonds. The number of rotatable bonds is 4. The molecular formula is C12H21N3O3. The minimum atomic E-state index is -0.984. The fourth-order valence-electron chi connectivity index (χ4n) is 1.95. The van der Waals surface area contributed by atoms with Gasteiger partial charge in [0.2, 0.25) is 11.8 Å². The van der Waals surface area contributed by atoms with E-state index in [1.165, 1.54) is 4.90 Å². The van der Waals surface area contributed by atoms with Crippen LogP contribution in [0.3, 0.4) is 0 Å². The van der Waals surface area contributed by atoms with Gasteiger partial charge in [-0.25, -0.2) is 0 Å². The summed E-state index contributed by atoms with van der Waals surface area (Å²) < 4.78 is 0. The first-order valence-electron chi connectivity index (χ1n) is 6.16. The highest BCUT2D eigenvalue weighted by Crippen LogP contribution is 2.22. The van der Waals surface area contributed by atoms with Crippen molar-refractivity contribution in [1.29, 1.82) is 0 Å². The summed E-state index contributed by atoms with van der Waals surface area (Å²) in [5.74, 6) is -1.26. The smallest absolute Gasteiger partial charge is 0.252 e. The van der Waals surface area contributed by atoms with E-state index in [-0.39, 0.29) is 18.4 Å². The van der Waals surface area contributed by atoms with Crippen molar-refractivity contribution >= 4 is 17.7 Å². The predicted molar refractivity (Wildman–Crippen MR) is 66.4 cm³/mol. The van der Waals surface area contributed by atoms with Crippen molar-refractivity contribution in [2.24, 2.45) is 11.7 Å². The van der Waals surface area contributed by atoms with E-state index < -0.39 is 17.4 Å². The van der Waals surface area contributed by atoms with Gasteiger partial charge in [0.15, 0.2) is 0 Å². The van der Waals surface area contributed by atoms with E-state index >= 15 is 0 Å². The van der Waals surface area contributed by atoms with E-state index in [1.54, 1.807) is 20.8 Å². The molecule has 1 unspecified atom stereocenters. The summed E-state index contributed by atoms with van der Waals surface area (Å²) in [7, 11) is 0. The third kappa shape index (κ3) is 2.87. The van der Waals surface area contributed by atoms with Crippen molar-refractivity contribution in [3.05, 3.63) is 0 Å². The summed E-state index contributed by atoms with van der Waals surface area (Å²) in [5.41, 5.74) is 4.43. The molecule has 6 heteroatoms. The van der Waals surface area contributed by atoms with Crippen LogP contribution in [0, 0.1) is 5.92 Å². The van der Waals surface area contributed by atoms with Crippen molar-refractivity contribution in [3.63, 3.8) is 0 Å². The van der Waals surface area contributed by atoms with Gasteiger partial charge in [-0.3, -0.25) is 19.7 Å². The largest absolute Gasteiger partial charge is 0.330 e. The minimum absolute atomic E-state index is 0.0649. The lowest BCUT2D eigenvalue weighted by molar-refractivity contribution is -0.157. The molecule has 102 valence electrons.